The molecule has 5 rings (SSSR count). The zero-order valence-electron chi connectivity index (χ0n) is 16.8. The van der Waals surface area contributed by atoms with Crippen LogP contribution in [0.3, 0.4) is 0 Å². The van der Waals surface area contributed by atoms with Gasteiger partial charge >= 0.3 is 0 Å². The molecular weight excluding hydrogens is 382 g/mol. The molecule has 1 saturated carbocycles. The minimum atomic E-state index is -0.271. The van der Waals surface area contributed by atoms with Crippen molar-refractivity contribution in [1.29, 1.82) is 0 Å². The first-order valence-electron chi connectivity index (χ1n) is 10.7. The zero-order chi connectivity index (χ0) is 20.7. The number of aromatic nitrogens is 3. The van der Waals surface area contributed by atoms with Gasteiger partial charge in [-0.25, -0.2) is 4.98 Å². The third-order valence-electron chi connectivity index (χ3n) is 6.34. The van der Waals surface area contributed by atoms with E-state index < -0.39 is 0 Å². The van der Waals surface area contributed by atoms with E-state index in [1.165, 1.54) is 0 Å². The lowest BCUT2D eigenvalue weighted by atomic mass is 9.99. The topological polar surface area (TPSA) is 99.3 Å². The fourth-order valence-corrected chi connectivity index (χ4v) is 4.51. The molecule has 1 saturated heterocycles. The summed E-state index contributed by atoms with van der Waals surface area (Å²) in [5.74, 6) is 0.783. The van der Waals surface area contributed by atoms with Crippen LogP contribution >= 0.6 is 0 Å². The second-order valence-corrected chi connectivity index (χ2v) is 8.41. The molecule has 1 unspecified atom stereocenters. The Morgan fingerprint density at radius 1 is 1.07 bits per heavy atom. The van der Waals surface area contributed by atoms with Gasteiger partial charge in [0, 0.05) is 42.5 Å². The van der Waals surface area contributed by atoms with Crippen molar-refractivity contribution in [3.8, 4) is 0 Å². The van der Waals surface area contributed by atoms with Crippen molar-refractivity contribution in [2.24, 2.45) is 5.92 Å². The number of carbonyl (C=O) groups excluding carboxylic acids is 2. The van der Waals surface area contributed by atoms with Crippen LogP contribution in [0, 0.1) is 5.92 Å². The Morgan fingerprint density at radius 3 is 2.63 bits per heavy atom. The number of pyridine rings is 1. The molecule has 156 valence electrons. The summed E-state index contributed by atoms with van der Waals surface area (Å²) >= 11 is 0. The van der Waals surface area contributed by atoms with Crippen LogP contribution in [0.25, 0.3) is 0 Å². The van der Waals surface area contributed by atoms with Gasteiger partial charge in [0.05, 0.1) is 18.3 Å². The molecular formula is C22H25N5O3. The molecule has 2 aliphatic heterocycles. The SMILES string of the molecule is O=C(C1CC1)N1CCc2c(nc(C3CCCCN3C(=O)c3ccncc3)[nH]c2=O)C1. The van der Waals surface area contributed by atoms with Crippen LogP contribution < -0.4 is 5.56 Å². The predicted octanol–water partition coefficient (Wildman–Crippen LogP) is 1.83. The Balaban J connectivity index is 1.45. The van der Waals surface area contributed by atoms with Gasteiger partial charge in [0.25, 0.3) is 11.5 Å². The van der Waals surface area contributed by atoms with Crippen LogP contribution in [-0.2, 0) is 17.8 Å². The largest absolute Gasteiger partial charge is 0.336 e. The van der Waals surface area contributed by atoms with Gasteiger partial charge in [-0.3, -0.25) is 19.4 Å². The number of H-pyrrole nitrogens is 1. The maximum absolute atomic E-state index is 13.1. The Hall–Kier alpha value is -3.03. The second kappa shape index (κ2) is 7.66. The molecule has 2 amide bonds. The molecule has 0 spiro atoms. The van der Waals surface area contributed by atoms with Crippen molar-refractivity contribution < 1.29 is 9.59 Å². The fourth-order valence-electron chi connectivity index (χ4n) is 4.51. The normalized spacial score (nSPS) is 21.3. The molecule has 1 N–H and O–H groups in total. The monoisotopic (exact) mass is 407 g/mol. The van der Waals surface area contributed by atoms with Crippen LogP contribution in [0.1, 0.15) is 65.6 Å². The minimum Gasteiger partial charge on any atom is -0.336 e. The summed E-state index contributed by atoms with van der Waals surface area (Å²) in [5, 5.41) is 0. The Morgan fingerprint density at radius 2 is 1.87 bits per heavy atom. The maximum atomic E-state index is 13.1. The van der Waals surface area contributed by atoms with Crippen molar-refractivity contribution in [3.63, 3.8) is 0 Å². The molecule has 3 aliphatic rings. The van der Waals surface area contributed by atoms with Crippen molar-refractivity contribution in [2.45, 2.75) is 51.1 Å². The van der Waals surface area contributed by atoms with E-state index in [0.29, 0.717) is 48.7 Å². The third-order valence-corrected chi connectivity index (χ3v) is 6.34. The highest BCUT2D eigenvalue weighted by Gasteiger charge is 2.36. The number of rotatable bonds is 3. The summed E-state index contributed by atoms with van der Waals surface area (Å²) in [6.07, 6.45) is 8.32. The highest BCUT2D eigenvalue weighted by Crippen LogP contribution is 2.33. The number of hydrogen-bond donors (Lipinski definition) is 1. The number of piperidine rings is 1. The van der Waals surface area contributed by atoms with E-state index in [1.54, 1.807) is 29.4 Å². The van der Waals surface area contributed by atoms with E-state index in [4.69, 9.17) is 4.98 Å². The first-order valence-corrected chi connectivity index (χ1v) is 10.7. The van der Waals surface area contributed by atoms with Gasteiger partial charge in [0.15, 0.2) is 0 Å². The van der Waals surface area contributed by atoms with Crippen molar-refractivity contribution in [1.82, 2.24) is 24.8 Å². The fraction of sp³-hybridized carbons (Fsp3) is 0.500. The maximum Gasteiger partial charge on any atom is 0.254 e. The van der Waals surface area contributed by atoms with E-state index in [-0.39, 0.29) is 29.3 Å². The van der Waals surface area contributed by atoms with Crippen LogP contribution in [-0.4, -0.2) is 49.7 Å². The minimum absolute atomic E-state index is 0.0759. The summed E-state index contributed by atoms with van der Waals surface area (Å²) in [4.78, 5) is 53.7. The number of fused-ring (bicyclic) bond motifs is 1. The van der Waals surface area contributed by atoms with E-state index in [0.717, 1.165) is 32.1 Å². The summed E-state index contributed by atoms with van der Waals surface area (Å²) in [5.41, 5.74) is 1.78. The van der Waals surface area contributed by atoms with Gasteiger partial charge in [-0.05, 0) is 50.7 Å². The van der Waals surface area contributed by atoms with Gasteiger partial charge in [-0.2, -0.15) is 0 Å². The second-order valence-electron chi connectivity index (χ2n) is 8.41. The summed E-state index contributed by atoms with van der Waals surface area (Å²) in [6.45, 7) is 1.58. The Bertz CT molecular complexity index is 1030. The van der Waals surface area contributed by atoms with Crippen molar-refractivity contribution in [2.75, 3.05) is 13.1 Å². The average molecular weight is 407 g/mol. The van der Waals surface area contributed by atoms with Gasteiger partial charge in [0.1, 0.15) is 5.82 Å². The summed E-state index contributed by atoms with van der Waals surface area (Å²) in [6, 6.07) is 3.14. The lowest BCUT2D eigenvalue weighted by molar-refractivity contribution is -0.133. The molecule has 1 atom stereocenters. The smallest absolute Gasteiger partial charge is 0.254 e. The standard InChI is InChI=1S/C22H25N5O3/c28-20-16-8-12-26(21(29)14-4-5-14)13-17(16)24-19(25-20)18-3-1-2-11-27(18)22(30)15-6-9-23-10-7-15/h6-7,9-10,14,18H,1-5,8,11-13H2,(H,24,25,28). The van der Waals surface area contributed by atoms with Gasteiger partial charge < -0.3 is 14.8 Å². The molecule has 8 heteroatoms. The first kappa shape index (κ1) is 19.0. The van der Waals surface area contributed by atoms with Gasteiger partial charge in [0.2, 0.25) is 5.91 Å². The van der Waals surface area contributed by atoms with Gasteiger partial charge in [-0.15, -0.1) is 0 Å². The highest BCUT2D eigenvalue weighted by molar-refractivity contribution is 5.94. The molecule has 1 aliphatic carbocycles. The Kier molecular flexibility index (Phi) is 4.84. The molecule has 0 aromatic carbocycles. The highest BCUT2D eigenvalue weighted by atomic mass is 16.2. The Labute approximate surface area is 174 Å². The first-order chi connectivity index (χ1) is 14.6. The van der Waals surface area contributed by atoms with E-state index >= 15 is 0 Å². The number of likely N-dealkylation sites (tertiary alicyclic amines) is 1. The number of nitrogens with one attached hydrogen (secondary N) is 1. The number of hydrogen-bond acceptors (Lipinski definition) is 5. The zero-order valence-corrected chi connectivity index (χ0v) is 16.8. The van der Waals surface area contributed by atoms with Crippen LogP contribution in [0.5, 0.6) is 0 Å². The predicted molar refractivity (Wildman–Crippen MR) is 109 cm³/mol. The van der Waals surface area contributed by atoms with E-state index in [1.807, 2.05) is 4.90 Å². The lowest BCUT2D eigenvalue weighted by Gasteiger charge is -2.36. The number of amides is 2. The molecule has 2 aromatic heterocycles. The molecule has 2 fully saturated rings. The van der Waals surface area contributed by atoms with Crippen LogP contribution in [0.15, 0.2) is 29.3 Å². The van der Waals surface area contributed by atoms with Crippen LogP contribution in [0.4, 0.5) is 0 Å². The molecule has 0 radical (unpaired) electrons. The third kappa shape index (κ3) is 3.51. The number of nitrogens with zero attached hydrogens (tertiary/aromatic N) is 4. The molecule has 2 aromatic rings. The van der Waals surface area contributed by atoms with Crippen molar-refractivity contribution >= 4 is 11.8 Å². The number of carbonyl (C=O) groups is 2. The molecule has 8 nitrogen and oxygen atoms in total. The summed E-state index contributed by atoms with van der Waals surface area (Å²) < 4.78 is 0. The quantitative estimate of drug-likeness (QED) is 0.837. The molecule has 4 heterocycles. The van der Waals surface area contributed by atoms with Gasteiger partial charge in [-0.1, -0.05) is 0 Å². The van der Waals surface area contributed by atoms with Crippen LogP contribution in [0.2, 0.25) is 0 Å². The average Bonchev–Trinajstić information content (AvgIpc) is 3.64. The van der Waals surface area contributed by atoms with E-state index in [2.05, 4.69) is 9.97 Å². The lowest BCUT2D eigenvalue weighted by Crippen LogP contribution is -2.42. The number of aromatic amines is 1. The summed E-state index contributed by atoms with van der Waals surface area (Å²) in [7, 11) is 0. The van der Waals surface area contributed by atoms with Crippen molar-refractivity contribution in [3.05, 3.63) is 57.5 Å². The molecule has 0 bridgehead atoms. The van der Waals surface area contributed by atoms with E-state index in [9.17, 15) is 14.4 Å². The molecule has 30 heavy (non-hydrogen) atoms.